The Morgan fingerprint density at radius 3 is 2.47 bits per heavy atom. The van der Waals surface area contributed by atoms with Crippen molar-refractivity contribution in [1.82, 2.24) is 4.90 Å². The number of piperidine rings is 1. The van der Waals surface area contributed by atoms with Crippen molar-refractivity contribution in [2.75, 3.05) is 13.1 Å². The van der Waals surface area contributed by atoms with Crippen LogP contribution in [-0.2, 0) is 4.79 Å². The number of hydrogen-bond acceptors (Lipinski definition) is 1. The van der Waals surface area contributed by atoms with Gasteiger partial charge in [0.1, 0.15) is 0 Å². The quantitative estimate of drug-likeness (QED) is 0.605. The highest BCUT2D eigenvalue weighted by atomic mass is 16.2. The predicted octanol–water partition coefficient (Wildman–Crippen LogP) is 2.60. The third-order valence-corrected chi connectivity index (χ3v) is 3.74. The van der Waals surface area contributed by atoms with Gasteiger partial charge in [0, 0.05) is 19.0 Å². The molecule has 1 heterocycles. The smallest absolute Gasteiger partial charge is 0.226 e. The van der Waals surface area contributed by atoms with Crippen LogP contribution in [0.25, 0.3) is 0 Å². The average Bonchev–Trinajstić information content (AvgIpc) is 2.30. The summed E-state index contributed by atoms with van der Waals surface area (Å²) in [6.07, 6.45) is 10.1. The minimum Gasteiger partial charge on any atom is -0.342 e. The molecule has 1 amide bonds. The van der Waals surface area contributed by atoms with Crippen LogP contribution >= 0.6 is 0 Å². The highest BCUT2D eigenvalue weighted by Crippen LogP contribution is 2.27. The third-order valence-electron chi connectivity index (χ3n) is 3.74. The molecular formula is C13H21NO. The zero-order valence-corrected chi connectivity index (χ0v) is 9.61. The molecule has 84 valence electrons. The third kappa shape index (κ3) is 2.42. The van der Waals surface area contributed by atoms with Gasteiger partial charge in [-0.05, 0) is 38.0 Å². The van der Waals surface area contributed by atoms with Crippen molar-refractivity contribution in [3.63, 3.8) is 0 Å². The molecule has 0 radical (unpaired) electrons. The molecule has 0 spiro atoms. The maximum absolute atomic E-state index is 12.3. The summed E-state index contributed by atoms with van der Waals surface area (Å²) < 4.78 is 0. The van der Waals surface area contributed by atoms with Gasteiger partial charge in [-0.3, -0.25) is 4.79 Å². The summed E-state index contributed by atoms with van der Waals surface area (Å²) in [5, 5.41) is 0. The molecule has 0 aromatic rings. The first-order valence-electron chi connectivity index (χ1n) is 6.23. The van der Waals surface area contributed by atoms with Gasteiger partial charge >= 0.3 is 0 Å². The Morgan fingerprint density at radius 2 is 1.80 bits per heavy atom. The second-order valence-corrected chi connectivity index (χ2v) is 4.91. The molecule has 2 unspecified atom stereocenters. The summed E-state index contributed by atoms with van der Waals surface area (Å²) in [5.41, 5.74) is 0. The second-order valence-electron chi connectivity index (χ2n) is 4.91. The van der Waals surface area contributed by atoms with Crippen LogP contribution in [0, 0.1) is 11.8 Å². The first kappa shape index (κ1) is 10.7. The number of hydrogen-bond donors (Lipinski definition) is 0. The van der Waals surface area contributed by atoms with Gasteiger partial charge in [0.05, 0.1) is 0 Å². The highest BCUT2D eigenvalue weighted by Gasteiger charge is 2.29. The zero-order valence-electron chi connectivity index (χ0n) is 9.61. The van der Waals surface area contributed by atoms with Crippen LogP contribution in [-0.4, -0.2) is 23.9 Å². The number of rotatable bonds is 1. The molecule has 2 rings (SSSR count). The predicted molar refractivity (Wildman–Crippen MR) is 61.5 cm³/mol. The lowest BCUT2D eigenvalue weighted by Gasteiger charge is -2.33. The number of amides is 1. The Bertz CT molecular complexity index is 253. The van der Waals surface area contributed by atoms with Crippen molar-refractivity contribution in [2.45, 2.75) is 39.0 Å². The molecule has 1 fully saturated rings. The standard InChI is InChI=1S/C13H21NO/c1-11-7-3-4-8-12(11)13(15)14-9-5-2-6-10-14/h3-4,11-12H,2,5-10H2,1H3. The van der Waals surface area contributed by atoms with Crippen molar-refractivity contribution >= 4 is 5.91 Å². The van der Waals surface area contributed by atoms with Crippen molar-refractivity contribution in [3.8, 4) is 0 Å². The Balaban J connectivity index is 1.96. The molecule has 1 aliphatic carbocycles. The molecule has 0 aromatic heterocycles. The van der Waals surface area contributed by atoms with Gasteiger partial charge in [-0.1, -0.05) is 19.1 Å². The van der Waals surface area contributed by atoms with E-state index < -0.39 is 0 Å². The van der Waals surface area contributed by atoms with Crippen LogP contribution in [0.5, 0.6) is 0 Å². The molecule has 2 nitrogen and oxygen atoms in total. The average molecular weight is 207 g/mol. The first-order valence-corrected chi connectivity index (χ1v) is 6.23. The molecule has 0 aromatic carbocycles. The van der Waals surface area contributed by atoms with Crippen LogP contribution in [0.4, 0.5) is 0 Å². The summed E-state index contributed by atoms with van der Waals surface area (Å²) in [5.74, 6) is 1.20. The molecule has 2 heteroatoms. The number of allylic oxidation sites excluding steroid dienone is 2. The van der Waals surface area contributed by atoms with Crippen LogP contribution in [0.3, 0.4) is 0 Å². The topological polar surface area (TPSA) is 20.3 Å². The molecular weight excluding hydrogens is 186 g/mol. The Kier molecular flexibility index (Phi) is 3.45. The van der Waals surface area contributed by atoms with E-state index in [2.05, 4.69) is 24.0 Å². The van der Waals surface area contributed by atoms with Crippen molar-refractivity contribution in [1.29, 1.82) is 0 Å². The highest BCUT2D eigenvalue weighted by molar-refractivity contribution is 5.79. The Labute approximate surface area is 92.3 Å². The van der Waals surface area contributed by atoms with E-state index in [1.54, 1.807) is 0 Å². The number of carbonyl (C=O) groups excluding carboxylic acids is 1. The molecule has 15 heavy (non-hydrogen) atoms. The molecule has 2 aliphatic rings. The molecule has 0 bridgehead atoms. The van der Waals surface area contributed by atoms with Crippen molar-refractivity contribution in [2.24, 2.45) is 11.8 Å². The Hall–Kier alpha value is -0.790. The zero-order chi connectivity index (χ0) is 10.7. The lowest BCUT2D eigenvalue weighted by atomic mass is 9.83. The molecule has 0 N–H and O–H groups in total. The molecule has 0 saturated carbocycles. The number of nitrogens with zero attached hydrogens (tertiary/aromatic N) is 1. The van der Waals surface area contributed by atoms with E-state index >= 15 is 0 Å². The molecule has 1 saturated heterocycles. The lowest BCUT2D eigenvalue weighted by molar-refractivity contribution is -0.138. The lowest BCUT2D eigenvalue weighted by Crippen LogP contribution is -2.41. The van der Waals surface area contributed by atoms with E-state index in [1.165, 1.54) is 19.3 Å². The van der Waals surface area contributed by atoms with Gasteiger partial charge in [0.15, 0.2) is 0 Å². The van der Waals surface area contributed by atoms with E-state index in [1.807, 2.05) is 0 Å². The van der Waals surface area contributed by atoms with E-state index in [4.69, 9.17) is 0 Å². The van der Waals surface area contributed by atoms with Gasteiger partial charge in [-0.25, -0.2) is 0 Å². The minimum atomic E-state index is 0.257. The van der Waals surface area contributed by atoms with Crippen LogP contribution in [0.15, 0.2) is 12.2 Å². The second kappa shape index (κ2) is 4.82. The normalized spacial score (nSPS) is 31.7. The maximum atomic E-state index is 12.3. The van der Waals surface area contributed by atoms with Gasteiger partial charge < -0.3 is 4.90 Å². The summed E-state index contributed by atoms with van der Waals surface area (Å²) in [6, 6.07) is 0. The van der Waals surface area contributed by atoms with E-state index in [9.17, 15) is 4.79 Å². The SMILES string of the molecule is CC1CC=CCC1C(=O)N1CCCCC1. The molecule has 1 aliphatic heterocycles. The van der Waals surface area contributed by atoms with Crippen LogP contribution in [0.1, 0.15) is 39.0 Å². The van der Waals surface area contributed by atoms with Gasteiger partial charge in [-0.2, -0.15) is 0 Å². The summed E-state index contributed by atoms with van der Waals surface area (Å²) >= 11 is 0. The fourth-order valence-corrected chi connectivity index (χ4v) is 2.64. The van der Waals surface area contributed by atoms with E-state index in [0.29, 0.717) is 11.8 Å². The number of carbonyl (C=O) groups is 1. The van der Waals surface area contributed by atoms with E-state index in [0.717, 1.165) is 25.9 Å². The number of likely N-dealkylation sites (tertiary alicyclic amines) is 1. The van der Waals surface area contributed by atoms with Gasteiger partial charge in [0.25, 0.3) is 0 Å². The summed E-state index contributed by atoms with van der Waals surface area (Å²) in [4.78, 5) is 14.3. The van der Waals surface area contributed by atoms with Crippen molar-refractivity contribution in [3.05, 3.63) is 12.2 Å². The summed E-state index contributed by atoms with van der Waals surface area (Å²) in [7, 11) is 0. The van der Waals surface area contributed by atoms with Crippen molar-refractivity contribution < 1.29 is 4.79 Å². The van der Waals surface area contributed by atoms with E-state index in [-0.39, 0.29) is 5.92 Å². The van der Waals surface area contributed by atoms with Gasteiger partial charge in [-0.15, -0.1) is 0 Å². The molecule has 2 atom stereocenters. The Morgan fingerprint density at radius 1 is 1.13 bits per heavy atom. The first-order chi connectivity index (χ1) is 7.29. The fraction of sp³-hybridized carbons (Fsp3) is 0.769. The fourth-order valence-electron chi connectivity index (χ4n) is 2.64. The largest absolute Gasteiger partial charge is 0.342 e. The minimum absolute atomic E-state index is 0.257. The van der Waals surface area contributed by atoms with Crippen LogP contribution < -0.4 is 0 Å². The van der Waals surface area contributed by atoms with Crippen LogP contribution in [0.2, 0.25) is 0 Å². The monoisotopic (exact) mass is 207 g/mol. The maximum Gasteiger partial charge on any atom is 0.226 e. The summed E-state index contributed by atoms with van der Waals surface area (Å²) in [6.45, 7) is 4.19. The van der Waals surface area contributed by atoms with Gasteiger partial charge in [0.2, 0.25) is 5.91 Å².